The first-order chi connectivity index (χ1) is 7.65. The molecule has 2 N–H and O–H groups in total. The zero-order valence-electron chi connectivity index (χ0n) is 9.81. The van der Waals surface area contributed by atoms with Crippen LogP contribution >= 0.6 is 0 Å². The summed E-state index contributed by atoms with van der Waals surface area (Å²) in [5.74, 6) is -0.0211. The Hall–Kier alpha value is -1.35. The van der Waals surface area contributed by atoms with E-state index in [1.54, 1.807) is 0 Å². The van der Waals surface area contributed by atoms with Crippen molar-refractivity contribution in [3.05, 3.63) is 35.9 Å². The fraction of sp³-hybridized carbons (Fsp3) is 0.462. The van der Waals surface area contributed by atoms with Crippen molar-refractivity contribution in [1.82, 2.24) is 5.32 Å². The Bertz CT molecular complexity index is 322. The Morgan fingerprint density at radius 1 is 1.31 bits per heavy atom. The second kappa shape index (κ2) is 6.28. The molecule has 1 atom stereocenters. The molecule has 0 aliphatic carbocycles. The molecular weight excluding hydrogens is 202 g/mol. The zero-order valence-corrected chi connectivity index (χ0v) is 9.81. The number of aliphatic hydroxyl groups excluding tert-OH is 1. The highest BCUT2D eigenvalue weighted by molar-refractivity contribution is 5.78. The monoisotopic (exact) mass is 221 g/mol. The van der Waals surface area contributed by atoms with Gasteiger partial charge in [0.25, 0.3) is 0 Å². The van der Waals surface area contributed by atoms with Crippen molar-refractivity contribution in [3.8, 4) is 0 Å². The number of carbonyl (C=O) groups excluding carboxylic acids is 1. The number of nitrogens with one attached hydrogen (secondary N) is 1. The summed E-state index contributed by atoms with van der Waals surface area (Å²) >= 11 is 0. The largest absolute Gasteiger partial charge is 0.396 e. The molecule has 1 aromatic rings. The summed E-state index contributed by atoms with van der Waals surface area (Å²) in [6.45, 7) is 3.78. The summed E-state index contributed by atoms with van der Waals surface area (Å²) in [7, 11) is 0. The van der Waals surface area contributed by atoms with Gasteiger partial charge in [0.05, 0.1) is 6.04 Å². The molecule has 1 aromatic carbocycles. The summed E-state index contributed by atoms with van der Waals surface area (Å²) < 4.78 is 0. The molecule has 1 amide bonds. The van der Waals surface area contributed by atoms with E-state index < -0.39 is 0 Å². The van der Waals surface area contributed by atoms with Crippen LogP contribution < -0.4 is 5.32 Å². The molecule has 0 saturated carbocycles. The average Bonchev–Trinajstić information content (AvgIpc) is 2.29. The van der Waals surface area contributed by atoms with Crippen LogP contribution in [-0.2, 0) is 4.79 Å². The van der Waals surface area contributed by atoms with Gasteiger partial charge in [-0.25, -0.2) is 0 Å². The van der Waals surface area contributed by atoms with Crippen LogP contribution in [0.5, 0.6) is 0 Å². The van der Waals surface area contributed by atoms with Crippen molar-refractivity contribution in [2.75, 3.05) is 6.61 Å². The van der Waals surface area contributed by atoms with Gasteiger partial charge in [-0.15, -0.1) is 0 Å². The minimum absolute atomic E-state index is 0.0160. The van der Waals surface area contributed by atoms with Gasteiger partial charge >= 0.3 is 0 Å². The number of hydrogen-bond acceptors (Lipinski definition) is 2. The second-order valence-electron chi connectivity index (χ2n) is 4.14. The molecule has 0 heterocycles. The van der Waals surface area contributed by atoms with E-state index in [0.29, 0.717) is 6.42 Å². The van der Waals surface area contributed by atoms with E-state index in [4.69, 9.17) is 5.11 Å². The van der Waals surface area contributed by atoms with E-state index in [9.17, 15) is 4.79 Å². The lowest BCUT2D eigenvalue weighted by Crippen LogP contribution is -2.32. The van der Waals surface area contributed by atoms with Crippen molar-refractivity contribution in [3.63, 3.8) is 0 Å². The standard InChI is InChI=1S/C13H19NO2/c1-10(2)13(16)14-12(8-9-15)11-6-4-3-5-7-11/h3-7,10,12,15H,8-9H2,1-2H3,(H,14,16)/t12-/m1/s1. The normalized spacial score (nSPS) is 12.5. The van der Waals surface area contributed by atoms with Crippen molar-refractivity contribution in [2.24, 2.45) is 5.92 Å². The lowest BCUT2D eigenvalue weighted by molar-refractivity contribution is -0.124. The van der Waals surface area contributed by atoms with Crippen LogP contribution in [0.4, 0.5) is 0 Å². The van der Waals surface area contributed by atoms with Crippen LogP contribution in [0.1, 0.15) is 31.9 Å². The van der Waals surface area contributed by atoms with Gasteiger partial charge in [-0.05, 0) is 12.0 Å². The van der Waals surface area contributed by atoms with Gasteiger partial charge < -0.3 is 10.4 Å². The molecule has 1 rings (SSSR count). The maximum Gasteiger partial charge on any atom is 0.223 e. The van der Waals surface area contributed by atoms with Gasteiger partial charge in [0.15, 0.2) is 0 Å². The first-order valence-electron chi connectivity index (χ1n) is 5.61. The lowest BCUT2D eigenvalue weighted by atomic mass is 10.0. The van der Waals surface area contributed by atoms with E-state index in [0.717, 1.165) is 5.56 Å². The molecule has 0 aliphatic rings. The summed E-state index contributed by atoms with van der Waals surface area (Å²) in [5, 5.41) is 11.9. The molecule has 0 aromatic heterocycles. The molecule has 0 fully saturated rings. The van der Waals surface area contributed by atoms with Crippen LogP contribution in [0, 0.1) is 5.92 Å². The molecule has 0 unspecified atom stereocenters. The molecule has 3 heteroatoms. The van der Waals surface area contributed by atoms with Gasteiger partial charge in [-0.3, -0.25) is 4.79 Å². The minimum atomic E-state index is -0.0962. The number of hydrogen-bond donors (Lipinski definition) is 2. The smallest absolute Gasteiger partial charge is 0.223 e. The molecule has 0 radical (unpaired) electrons. The maximum absolute atomic E-state index is 11.6. The maximum atomic E-state index is 11.6. The third-order valence-electron chi connectivity index (χ3n) is 2.46. The molecular formula is C13H19NO2. The zero-order chi connectivity index (χ0) is 12.0. The Labute approximate surface area is 96.5 Å². The predicted octanol–water partition coefficient (Wildman–Crippen LogP) is 1.88. The van der Waals surface area contributed by atoms with Crippen LogP contribution in [0.2, 0.25) is 0 Å². The average molecular weight is 221 g/mol. The van der Waals surface area contributed by atoms with Crippen LogP contribution in [0.15, 0.2) is 30.3 Å². The quantitative estimate of drug-likeness (QED) is 0.797. The van der Waals surface area contributed by atoms with E-state index >= 15 is 0 Å². The molecule has 0 bridgehead atoms. The lowest BCUT2D eigenvalue weighted by Gasteiger charge is -2.19. The van der Waals surface area contributed by atoms with Crippen molar-refractivity contribution in [2.45, 2.75) is 26.3 Å². The number of aliphatic hydroxyl groups is 1. The van der Waals surface area contributed by atoms with Gasteiger partial charge in [-0.1, -0.05) is 44.2 Å². The van der Waals surface area contributed by atoms with Crippen molar-refractivity contribution in [1.29, 1.82) is 0 Å². The summed E-state index contributed by atoms with van der Waals surface area (Å²) in [6.07, 6.45) is 0.544. The highest BCUT2D eigenvalue weighted by Crippen LogP contribution is 2.16. The van der Waals surface area contributed by atoms with Gasteiger partial charge in [0.1, 0.15) is 0 Å². The number of rotatable bonds is 5. The van der Waals surface area contributed by atoms with Crippen molar-refractivity contribution < 1.29 is 9.90 Å². The highest BCUT2D eigenvalue weighted by Gasteiger charge is 2.15. The Morgan fingerprint density at radius 2 is 1.94 bits per heavy atom. The third kappa shape index (κ3) is 3.66. The fourth-order valence-electron chi connectivity index (χ4n) is 1.48. The number of carbonyl (C=O) groups is 1. The summed E-state index contributed by atoms with van der Waals surface area (Å²) in [6, 6.07) is 9.62. The van der Waals surface area contributed by atoms with Crippen LogP contribution in [0.3, 0.4) is 0 Å². The van der Waals surface area contributed by atoms with Crippen LogP contribution in [-0.4, -0.2) is 17.6 Å². The van der Waals surface area contributed by atoms with Gasteiger partial charge in [0.2, 0.25) is 5.91 Å². The Morgan fingerprint density at radius 3 is 2.44 bits per heavy atom. The van der Waals surface area contributed by atoms with E-state index in [1.165, 1.54) is 0 Å². The highest BCUT2D eigenvalue weighted by atomic mass is 16.3. The topological polar surface area (TPSA) is 49.3 Å². The molecule has 0 aliphatic heterocycles. The first kappa shape index (κ1) is 12.7. The summed E-state index contributed by atoms with van der Waals surface area (Å²) in [5.41, 5.74) is 1.03. The minimum Gasteiger partial charge on any atom is -0.396 e. The fourth-order valence-corrected chi connectivity index (χ4v) is 1.48. The Balaban J connectivity index is 2.72. The third-order valence-corrected chi connectivity index (χ3v) is 2.46. The number of benzene rings is 1. The van der Waals surface area contributed by atoms with Crippen LogP contribution in [0.25, 0.3) is 0 Å². The van der Waals surface area contributed by atoms with Gasteiger partial charge in [-0.2, -0.15) is 0 Å². The molecule has 88 valence electrons. The second-order valence-corrected chi connectivity index (χ2v) is 4.14. The van der Waals surface area contributed by atoms with E-state index in [-0.39, 0.29) is 24.5 Å². The van der Waals surface area contributed by atoms with E-state index in [2.05, 4.69) is 5.32 Å². The van der Waals surface area contributed by atoms with Crippen molar-refractivity contribution >= 4 is 5.91 Å². The molecule has 0 saturated heterocycles. The SMILES string of the molecule is CC(C)C(=O)N[C@H](CCO)c1ccccc1. The first-order valence-corrected chi connectivity index (χ1v) is 5.61. The predicted molar refractivity (Wildman–Crippen MR) is 63.9 cm³/mol. The Kier molecular flexibility index (Phi) is 4.99. The molecule has 0 spiro atoms. The molecule has 16 heavy (non-hydrogen) atoms. The van der Waals surface area contributed by atoms with Gasteiger partial charge in [0, 0.05) is 12.5 Å². The number of amides is 1. The van der Waals surface area contributed by atoms with E-state index in [1.807, 2.05) is 44.2 Å². The molecule has 3 nitrogen and oxygen atoms in total. The summed E-state index contributed by atoms with van der Waals surface area (Å²) in [4.78, 5) is 11.6.